The van der Waals surface area contributed by atoms with Gasteiger partial charge >= 0.3 is 0 Å². The normalized spacial score (nSPS) is 23.3. The van der Waals surface area contributed by atoms with Crippen LogP contribution in [0, 0.1) is 12.8 Å². The second-order valence-corrected chi connectivity index (χ2v) is 7.92. The summed E-state index contributed by atoms with van der Waals surface area (Å²) >= 11 is 1.67. The number of hydrogen-bond acceptors (Lipinski definition) is 7. The molecule has 0 spiro atoms. The summed E-state index contributed by atoms with van der Waals surface area (Å²) in [4.78, 5) is 16.7. The van der Waals surface area contributed by atoms with E-state index in [9.17, 15) is 4.79 Å². The van der Waals surface area contributed by atoms with Crippen molar-refractivity contribution < 1.29 is 9.53 Å². The molecule has 1 atom stereocenters. The lowest BCUT2D eigenvalue weighted by Crippen LogP contribution is -2.45. The van der Waals surface area contributed by atoms with Crippen molar-refractivity contribution in [3.63, 3.8) is 0 Å². The molecule has 0 aromatic carbocycles. The fraction of sp³-hybridized carbons (Fsp3) is 0.812. The predicted molar refractivity (Wildman–Crippen MR) is 92.9 cm³/mol. The number of carbonyl (C=O) groups is 1. The molecule has 2 saturated heterocycles. The predicted octanol–water partition coefficient (Wildman–Crippen LogP) is 0.507. The summed E-state index contributed by atoms with van der Waals surface area (Å²) in [5.41, 5.74) is 0. The summed E-state index contributed by atoms with van der Waals surface area (Å²) < 4.78 is 5.31. The first-order chi connectivity index (χ1) is 11.7. The van der Waals surface area contributed by atoms with Gasteiger partial charge in [-0.15, -0.1) is 21.5 Å². The molecule has 2 fully saturated rings. The molecular weight excluding hydrogens is 326 g/mol. The van der Waals surface area contributed by atoms with E-state index in [1.54, 1.807) is 11.3 Å². The molecule has 1 aromatic rings. The van der Waals surface area contributed by atoms with Crippen LogP contribution in [0.4, 0.5) is 0 Å². The number of nitrogens with zero attached hydrogens (tertiary/aromatic N) is 4. The Morgan fingerprint density at radius 1 is 1.29 bits per heavy atom. The van der Waals surface area contributed by atoms with Crippen molar-refractivity contribution in [3.8, 4) is 0 Å². The highest BCUT2D eigenvalue weighted by Gasteiger charge is 2.22. The Morgan fingerprint density at radius 3 is 2.88 bits per heavy atom. The molecular formula is C16H27N5O2S. The number of aromatic nitrogens is 2. The van der Waals surface area contributed by atoms with Gasteiger partial charge in [0.05, 0.1) is 26.3 Å². The number of likely N-dealkylation sites (tertiary alicyclic amines) is 1. The van der Waals surface area contributed by atoms with Crippen LogP contribution in [0.15, 0.2) is 0 Å². The molecule has 2 aliphatic heterocycles. The Bertz CT molecular complexity index is 532. The van der Waals surface area contributed by atoms with Crippen molar-refractivity contribution >= 4 is 17.2 Å². The third-order valence-corrected chi connectivity index (χ3v) is 5.41. The van der Waals surface area contributed by atoms with Crippen LogP contribution in [0.3, 0.4) is 0 Å². The highest BCUT2D eigenvalue weighted by molar-refractivity contribution is 7.11. The lowest BCUT2D eigenvalue weighted by molar-refractivity contribution is -0.123. The number of rotatable bonds is 6. The second-order valence-electron chi connectivity index (χ2n) is 6.65. The van der Waals surface area contributed by atoms with Gasteiger partial charge in [0, 0.05) is 26.2 Å². The molecule has 8 heteroatoms. The average Bonchev–Trinajstić information content (AvgIpc) is 2.99. The van der Waals surface area contributed by atoms with Crippen molar-refractivity contribution in [2.45, 2.75) is 26.3 Å². The Morgan fingerprint density at radius 2 is 2.12 bits per heavy atom. The van der Waals surface area contributed by atoms with E-state index in [1.807, 2.05) is 6.92 Å². The van der Waals surface area contributed by atoms with Gasteiger partial charge in [-0.05, 0) is 32.2 Å². The minimum atomic E-state index is 0.133. The molecule has 134 valence electrons. The maximum Gasteiger partial charge on any atom is 0.234 e. The van der Waals surface area contributed by atoms with Crippen LogP contribution in [0.1, 0.15) is 22.9 Å². The number of hydrogen-bond donors (Lipinski definition) is 1. The summed E-state index contributed by atoms with van der Waals surface area (Å²) in [7, 11) is 0. The van der Waals surface area contributed by atoms with Crippen LogP contribution < -0.4 is 5.32 Å². The summed E-state index contributed by atoms with van der Waals surface area (Å²) in [6, 6.07) is 0. The molecule has 1 N–H and O–H groups in total. The third-order valence-electron chi connectivity index (χ3n) is 4.59. The van der Waals surface area contributed by atoms with Crippen LogP contribution in [0.5, 0.6) is 0 Å². The van der Waals surface area contributed by atoms with Crippen LogP contribution in [0.2, 0.25) is 0 Å². The number of morpholine rings is 1. The van der Waals surface area contributed by atoms with Gasteiger partial charge in [0.15, 0.2) is 0 Å². The van der Waals surface area contributed by atoms with Crippen molar-refractivity contribution in [1.82, 2.24) is 25.3 Å². The standard InChI is InChI=1S/C16H27N5O2S/c1-13-18-19-16(24-13)12-21-4-2-3-14(10-21)9-17-15(22)11-20-5-7-23-8-6-20/h14H,2-12H2,1H3,(H,17,22). The first-order valence-corrected chi connectivity index (χ1v) is 9.59. The van der Waals surface area contributed by atoms with Gasteiger partial charge in [-0.3, -0.25) is 14.6 Å². The molecule has 0 bridgehead atoms. The van der Waals surface area contributed by atoms with Crippen LogP contribution in [-0.2, 0) is 16.1 Å². The lowest BCUT2D eigenvalue weighted by atomic mass is 9.98. The molecule has 1 aromatic heterocycles. The molecule has 3 heterocycles. The highest BCUT2D eigenvalue weighted by atomic mass is 32.1. The van der Waals surface area contributed by atoms with Crippen LogP contribution in [0.25, 0.3) is 0 Å². The van der Waals surface area contributed by atoms with E-state index in [0.29, 0.717) is 12.5 Å². The number of nitrogens with one attached hydrogen (secondary N) is 1. The zero-order chi connectivity index (χ0) is 16.8. The van der Waals surface area contributed by atoms with Gasteiger partial charge in [0.2, 0.25) is 5.91 Å². The van der Waals surface area contributed by atoms with Crippen molar-refractivity contribution in [1.29, 1.82) is 0 Å². The number of aryl methyl sites for hydroxylation is 1. The van der Waals surface area contributed by atoms with Crippen molar-refractivity contribution in [3.05, 3.63) is 10.0 Å². The van der Waals surface area contributed by atoms with Crippen LogP contribution in [-0.4, -0.2) is 78.4 Å². The average molecular weight is 353 g/mol. The van der Waals surface area contributed by atoms with Gasteiger partial charge in [0.1, 0.15) is 10.0 Å². The quantitative estimate of drug-likeness (QED) is 0.803. The molecule has 0 saturated carbocycles. The van der Waals surface area contributed by atoms with Gasteiger partial charge < -0.3 is 10.1 Å². The molecule has 1 amide bonds. The zero-order valence-corrected chi connectivity index (χ0v) is 15.2. The zero-order valence-electron chi connectivity index (χ0n) is 14.4. The molecule has 2 aliphatic rings. The smallest absolute Gasteiger partial charge is 0.234 e. The lowest BCUT2D eigenvalue weighted by Gasteiger charge is -2.32. The molecule has 1 unspecified atom stereocenters. The van der Waals surface area contributed by atoms with Crippen LogP contribution >= 0.6 is 11.3 Å². The summed E-state index contributed by atoms with van der Waals surface area (Å²) in [6.45, 7) is 9.43. The molecule has 3 rings (SSSR count). The largest absolute Gasteiger partial charge is 0.379 e. The Balaban J connectivity index is 1.37. The first kappa shape index (κ1) is 17.7. The monoisotopic (exact) mass is 353 g/mol. The van der Waals surface area contributed by atoms with E-state index in [2.05, 4.69) is 25.3 Å². The van der Waals surface area contributed by atoms with E-state index >= 15 is 0 Å². The summed E-state index contributed by atoms with van der Waals surface area (Å²) in [6.07, 6.45) is 2.37. The van der Waals surface area contributed by atoms with Gasteiger partial charge in [-0.25, -0.2) is 0 Å². The van der Waals surface area contributed by atoms with E-state index < -0.39 is 0 Å². The van der Waals surface area contributed by atoms with Gasteiger partial charge in [-0.1, -0.05) is 0 Å². The molecule has 7 nitrogen and oxygen atoms in total. The molecule has 0 radical (unpaired) electrons. The fourth-order valence-corrected chi connectivity index (χ4v) is 4.08. The maximum atomic E-state index is 12.1. The van der Waals surface area contributed by atoms with Gasteiger partial charge in [0.25, 0.3) is 0 Å². The Labute approximate surface area is 147 Å². The topological polar surface area (TPSA) is 70.6 Å². The second kappa shape index (κ2) is 8.84. The third kappa shape index (κ3) is 5.47. The first-order valence-electron chi connectivity index (χ1n) is 8.77. The minimum Gasteiger partial charge on any atom is -0.379 e. The fourth-order valence-electron chi connectivity index (χ4n) is 3.33. The molecule has 24 heavy (non-hydrogen) atoms. The number of piperidine rings is 1. The highest BCUT2D eigenvalue weighted by Crippen LogP contribution is 2.19. The Hall–Kier alpha value is -1.09. The number of ether oxygens (including phenoxy) is 1. The van der Waals surface area contributed by atoms with E-state index in [4.69, 9.17) is 4.74 Å². The van der Waals surface area contributed by atoms with Crippen molar-refractivity contribution in [2.75, 3.05) is 52.5 Å². The van der Waals surface area contributed by atoms with E-state index in [1.165, 1.54) is 12.8 Å². The SMILES string of the molecule is Cc1nnc(CN2CCCC(CNC(=O)CN3CCOCC3)C2)s1. The van der Waals surface area contributed by atoms with Crippen molar-refractivity contribution in [2.24, 2.45) is 5.92 Å². The number of carbonyl (C=O) groups excluding carboxylic acids is 1. The maximum absolute atomic E-state index is 12.1. The van der Waals surface area contributed by atoms with E-state index in [0.717, 1.165) is 62.5 Å². The molecule has 0 aliphatic carbocycles. The summed E-state index contributed by atoms with van der Waals surface area (Å²) in [5, 5.41) is 13.5. The van der Waals surface area contributed by atoms with E-state index in [-0.39, 0.29) is 5.91 Å². The number of amides is 1. The minimum absolute atomic E-state index is 0.133. The Kier molecular flexibility index (Phi) is 6.53. The summed E-state index contributed by atoms with van der Waals surface area (Å²) in [5.74, 6) is 0.662. The van der Waals surface area contributed by atoms with Gasteiger partial charge in [-0.2, -0.15) is 0 Å².